The quantitative estimate of drug-likeness (QED) is 0.895. The van der Waals surface area contributed by atoms with Gasteiger partial charge in [0.05, 0.1) is 0 Å². The Morgan fingerprint density at radius 1 is 1.67 bits per heavy atom. The lowest BCUT2D eigenvalue weighted by Gasteiger charge is -2.23. The number of hydrogen-bond acceptors (Lipinski definition) is 2. The van der Waals surface area contributed by atoms with Crippen LogP contribution in [0.1, 0.15) is 37.5 Å². The molecule has 2 unspecified atom stereocenters. The Hall–Kier alpha value is 0.140. The number of thiophene rings is 1. The van der Waals surface area contributed by atoms with Gasteiger partial charge in [0.1, 0.15) is 0 Å². The Morgan fingerprint density at radius 3 is 3.00 bits per heavy atom. The van der Waals surface area contributed by atoms with Gasteiger partial charge in [-0.15, -0.1) is 11.3 Å². The molecule has 1 aromatic heterocycles. The van der Waals surface area contributed by atoms with Crippen LogP contribution in [0.4, 0.5) is 0 Å². The summed E-state index contributed by atoms with van der Waals surface area (Å²) in [6.45, 7) is 2.28. The highest BCUT2D eigenvalue weighted by molar-refractivity contribution is 9.10. The zero-order valence-corrected chi connectivity index (χ0v) is 11.5. The van der Waals surface area contributed by atoms with Crippen molar-refractivity contribution in [1.29, 1.82) is 0 Å². The molecular formula is C12H18BrNS. The van der Waals surface area contributed by atoms with Crippen molar-refractivity contribution < 1.29 is 0 Å². The average molecular weight is 288 g/mol. The highest BCUT2D eigenvalue weighted by Crippen LogP contribution is 2.37. The fourth-order valence-electron chi connectivity index (χ4n) is 2.57. The van der Waals surface area contributed by atoms with Gasteiger partial charge in [0.2, 0.25) is 0 Å². The molecule has 1 aromatic rings. The van der Waals surface area contributed by atoms with E-state index in [2.05, 4.69) is 34.3 Å². The predicted molar refractivity (Wildman–Crippen MR) is 70.3 cm³/mol. The number of halogens is 1. The van der Waals surface area contributed by atoms with Gasteiger partial charge >= 0.3 is 0 Å². The molecule has 0 saturated heterocycles. The monoisotopic (exact) mass is 287 g/mol. The number of rotatable bonds is 3. The molecule has 1 saturated carbocycles. The van der Waals surface area contributed by atoms with E-state index in [1.165, 1.54) is 35.0 Å². The maximum Gasteiger partial charge on any atom is 0.0285 e. The molecule has 0 aliphatic heterocycles. The van der Waals surface area contributed by atoms with Gasteiger partial charge in [-0.3, -0.25) is 0 Å². The Balaban J connectivity index is 2.00. The second kappa shape index (κ2) is 4.56. The van der Waals surface area contributed by atoms with Crippen LogP contribution in [0.25, 0.3) is 0 Å². The highest BCUT2D eigenvalue weighted by atomic mass is 79.9. The van der Waals surface area contributed by atoms with Gasteiger partial charge in [0.15, 0.2) is 0 Å². The molecule has 3 heteroatoms. The van der Waals surface area contributed by atoms with Gasteiger partial charge in [-0.2, -0.15) is 0 Å². The van der Waals surface area contributed by atoms with Crippen molar-refractivity contribution in [1.82, 2.24) is 0 Å². The molecule has 0 amide bonds. The second-order valence-corrected chi connectivity index (χ2v) is 6.70. The lowest BCUT2D eigenvalue weighted by Crippen LogP contribution is -2.39. The molecular weight excluding hydrogens is 270 g/mol. The van der Waals surface area contributed by atoms with Crippen LogP contribution >= 0.6 is 27.3 Å². The van der Waals surface area contributed by atoms with Crippen molar-refractivity contribution >= 4 is 27.3 Å². The molecule has 1 aliphatic rings. The molecule has 1 fully saturated rings. The standard InChI is InChI=1S/C12H18BrNS/c1-2-9-3-4-12(14,6-9)7-11-5-10(13)8-15-11/h5,8-9H,2-4,6-7,14H2,1H3. The molecule has 0 aromatic carbocycles. The van der Waals surface area contributed by atoms with Crippen molar-refractivity contribution in [2.24, 2.45) is 11.7 Å². The normalized spacial score (nSPS) is 31.0. The van der Waals surface area contributed by atoms with E-state index in [9.17, 15) is 0 Å². The van der Waals surface area contributed by atoms with Crippen molar-refractivity contribution in [3.63, 3.8) is 0 Å². The first-order valence-corrected chi connectivity index (χ1v) is 7.30. The topological polar surface area (TPSA) is 26.0 Å². The summed E-state index contributed by atoms with van der Waals surface area (Å²) in [4.78, 5) is 1.42. The van der Waals surface area contributed by atoms with Gasteiger partial charge in [0, 0.05) is 20.3 Å². The average Bonchev–Trinajstić information content (AvgIpc) is 2.74. The van der Waals surface area contributed by atoms with Crippen LogP contribution in [0.3, 0.4) is 0 Å². The van der Waals surface area contributed by atoms with Crippen molar-refractivity contribution in [3.8, 4) is 0 Å². The highest BCUT2D eigenvalue weighted by Gasteiger charge is 2.35. The van der Waals surface area contributed by atoms with E-state index < -0.39 is 0 Å². The molecule has 0 bridgehead atoms. The number of hydrogen-bond donors (Lipinski definition) is 1. The fourth-order valence-corrected chi connectivity index (χ4v) is 4.18. The molecule has 0 spiro atoms. The van der Waals surface area contributed by atoms with Crippen LogP contribution in [0, 0.1) is 5.92 Å². The third kappa shape index (κ3) is 2.83. The van der Waals surface area contributed by atoms with Crippen LogP contribution in [-0.2, 0) is 6.42 Å². The third-order valence-corrected chi connectivity index (χ3v) is 5.17. The minimum absolute atomic E-state index is 0.0744. The van der Waals surface area contributed by atoms with E-state index in [-0.39, 0.29) is 5.54 Å². The Morgan fingerprint density at radius 2 is 2.47 bits per heavy atom. The minimum atomic E-state index is 0.0744. The first-order valence-electron chi connectivity index (χ1n) is 5.63. The van der Waals surface area contributed by atoms with E-state index in [4.69, 9.17) is 5.73 Å². The number of nitrogens with two attached hydrogens (primary N) is 1. The van der Waals surface area contributed by atoms with Gasteiger partial charge < -0.3 is 5.73 Å². The summed E-state index contributed by atoms with van der Waals surface area (Å²) in [5.41, 5.74) is 6.53. The molecule has 2 atom stereocenters. The molecule has 1 nitrogen and oxygen atoms in total. The molecule has 84 valence electrons. The van der Waals surface area contributed by atoms with Gasteiger partial charge in [-0.05, 0) is 53.6 Å². The molecule has 2 N–H and O–H groups in total. The Labute approximate surface area is 104 Å². The summed E-state index contributed by atoms with van der Waals surface area (Å²) in [5, 5.41) is 2.14. The van der Waals surface area contributed by atoms with E-state index in [1.807, 2.05) is 11.3 Å². The Kier molecular flexibility index (Phi) is 3.53. The van der Waals surface area contributed by atoms with Gasteiger partial charge in [-0.1, -0.05) is 13.3 Å². The fraction of sp³-hybridized carbons (Fsp3) is 0.667. The largest absolute Gasteiger partial charge is 0.325 e. The van der Waals surface area contributed by atoms with Gasteiger partial charge in [0.25, 0.3) is 0 Å². The summed E-state index contributed by atoms with van der Waals surface area (Å²) in [6.07, 6.45) is 6.06. The molecule has 1 heterocycles. The van der Waals surface area contributed by atoms with Crippen LogP contribution in [0.15, 0.2) is 15.9 Å². The lowest BCUT2D eigenvalue weighted by atomic mass is 9.92. The molecule has 0 radical (unpaired) electrons. The van der Waals surface area contributed by atoms with Crippen molar-refractivity contribution in [3.05, 3.63) is 20.8 Å². The predicted octanol–water partition coefficient (Wildman–Crippen LogP) is 3.96. The van der Waals surface area contributed by atoms with Crippen LogP contribution < -0.4 is 5.73 Å². The van der Waals surface area contributed by atoms with Gasteiger partial charge in [-0.25, -0.2) is 0 Å². The second-order valence-electron chi connectivity index (χ2n) is 4.79. The molecule has 15 heavy (non-hydrogen) atoms. The maximum absolute atomic E-state index is 6.46. The summed E-state index contributed by atoms with van der Waals surface area (Å²) in [7, 11) is 0. The maximum atomic E-state index is 6.46. The SMILES string of the molecule is CCC1CCC(N)(Cc2cc(Br)cs2)C1. The Bertz CT molecular complexity index is 336. The summed E-state index contributed by atoms with van der Waals surface area (Å²) >= 11 is 5.31. The minimum Gasteiger partial charge on any atom is -0.325 e. The lowest BCUT2D eigenvalue weighted by molar-refractivity contribution is 0.409. The van der Waals surface area contributed by atoms with Crippen molar-refractivity contribution in [2.75, 3.05) is 0 Å². The zero-order valence-electron chi connectivity index (χ0n) is 9.13. The molecule has 1 aliphatic carbocycles. The first kappa shape index (κ1) is 11.6. The van der Waals surface area contributed by atoms with Crippen LogP contribution in [0.5, 0.6) is 0 Å². The first-order chi connectivity index (χ1) is 7.11. The molecule has 2 rings (SSSR count). The zero-order chi connectivity index (χ0) is 10.9. The van der Waals surface area contributed by atoms with E-state index in [0.717, 1.165) is 12.3 Å². The smallest absolute Gasteiger partial charge is 0.0285 e. The van der Waals surface area contributed by atoms with Crippen molar-refractivity contribution in [2.45, 2.75) is 44.6 Å². The third-order valence-electron chi connectivity index (χ3n) is 3.47. The van der Waals surface area contributed by atoms with E-state index in [1.54, 1.807) is 0 Å². The summed E-state index contributed by atoms with van der Waals surface area (Å²) < 4.78 is 1.19. The van der Waals surface area contributed by atoms with Crippen LogP contribution in [-0.4, -0.2) is 5.54 Å². The summed E-state index contributed by atoms with van der Waals surface area (Å²) in [6, 6.07) is 2.21. The van der Waals surface area contributed by atoms with E-state index >= 15 is 0 Å². The van der Waals surface area contributed by atoms with Crippen LogP contribution in [0.2, 0.25) is 0 Å². The summed E-state index contributed by atoms with van der Waals surface area (Å²) in [5.74, 6) is 0.860. The van der Waals surface area contributed by atoms with E-state index in [0.29, 0.717) is 0 Å².